The van der Waals surface area contributed by atoms with Gasteiger partial charge in [0.15, 0.2) is 0 Å². The maximum atomic E-state index is 2.56. The second kappa shape index (κ2) is 5.82. The minimum Gasteiger partial charge on any atom is -0.194 e. The van der Waals surface area contributed by atoms with Crippen molar-refractivity contribution in [3.63, 3.8) is 0 Å². The van der Waals surface area contributed by atoms with Crippen LogP contribution in [0, 0.1) is 17.8 Å². The summed E-state index contributed by atoms with van der Waals surface area (Å²) in [5.74, 6) is 6.30. The monoisotopic (exact) mass is 260 g/mol. The Kier molecular flexibility index (Phi) is 4.29. The fourth-order valence-corrected chi connectivity index (χ4v) is 6.19. The standard InChI is InChI=1S/C18H33B/c1-13-7-4-10-16(13)19(17-11-5-8-14(17)2)18-12-6-9-15(18)3/h13-18H,4-12H2,1-3H3/q-1/t13-,14-,15-,16-,17-,18-/m0/s1. The van der Waals surface area contributed by atoms with Crippen molar-refractivity contribution in [2.75, 3.05) is 0 Å². The molecule has 109 valence electrons. The molecule has 0 bridgehead atoms. The van der Waals surface area contributed by atoms with Crippen LogP contribution in [-0.2, 0) is 0 Å². The van der Waals surface area contributed by atoms with Gasteiger partial charge in [0.1, 0.15) is 0 Å². The smallest absolute Gasteiger partial charge is 0.0537 e. The summed E-state index contributed by atoms with van der Waals surface area (Å²) < 4.78 is 0. The average Bonchev–Trinajstić information content (AvgIpc) is 3.07. The molecular weight excluding hydrogens is 227 g/mol. The lowest BCUT2D eigenvalue weighted by Crippen LogP contribution is -2.36. The second-order valence-corrected chi connectivity index (χ2v) is 8.29. The molecule has 0 N–H and O–H groups in total. The summed E-state index contributed by atoms with van der Waals surface area (Å²) in [6.07, 6.45) is 13.8. The quantitative estimate of drug-likeness (QED) is 0.542. The Morgan fingerprint density at radius 3 is 1.05 bits per heavy atom. The molecule has 1 heteroatoms. The highest BCUT2D eigenvalue weighted by Crippen LogP contribution is 2.56. The van der Waals surface area contributed by atoms with Crippen LogP contribution >= 0.6 is 0 Å². The predicted molar refractivity (Wildman–Crippen MR) is 86.0 cm³/mol. The Morgan fingerprint density at radius 1 is 0.526 bits per heavy atom. The van der Waals surface area contributed by atoms with E-state index in [-0.39, 0.29) is 0 Å². The third-order valence-corrected chi connectivity index (χ3v) is 7.27. The first-order chi connectivity index (χ1) is 9.18. The topological polar surface area (TPSA) is 0 Å². The highest BCUT2D eigenvalue weighted by molar-refractivity contribution is 6.64. The molecular formula is C18H33B-. The van der Waals surface area contributed by atoms with Crippen LogP contribution < -0.4 is 0 Å². The molecule has 0 unspecified atom stereocenters. The van der Waals surface area contributed by atoms with Crippen molar-refractivity contribution < 1.29 is 0 Å². The molecule has 0 saturated heterocycles. The molecule has 0 spiro atoms. The number of hydrogen-bond donors (Lipinski definition) is 0. The van der Waals surface area contributed by atoms with E-state index in [4.69, 9.17) is 0 Å². The van der Waals surface area contributed by atoms with Crippen LogP contribution in [0.5, 0.6) is 0 Å². The van der Waals surface area contributed by atoms with E-state index in [0.29, 0.717) is 0 Å². The van der Waals surface area contributed by atoms with Gasteiger partial charge in [-0.1, -0.05) is 96.3 Å². The summed E-state index contributed by atoms with van der Waals surface area (Å²) in [7, 11) is 0. The van der Waals surface area contributed by atoms with E-state index in [1.807, 2.05) is 0 Å². The van der Waals surface area contributed by atoms with Crippen molar-refractivity contribution in [1.82, 2.24) is 0 Å². The summed E-state index contributed by atoms with van der Waals surface area (Å²) in [5, 5.41) is 0. The average molecular weight is 260 g/mol. The largest absolute Gasteiger partial charge is 0.194 e. The van der Waals surface area contributed by atoms with Gasteiger partial charge >= 0.3 is 0 Å². The minimum absolute atomic E-state index is 1.02. The number of rotatable bonds is 3. The lowest BCUT2D eigenvalue weighted by atomic mass is 9.24. The molecule has 3 rings (SSSR count). The Bertz CT molecular complexity index is 253. The molecule has 0 heterocycles. The van der Waals surface area contributed by atoms with Crippen molar-refractivity contribution >= 4 is 6.71 Å². The zero-order valence-electron chi connectivity index (χ0n) is 13.4. The lowest BCUT2D eigenvalue weighted by molar-refractivity contribution is 0.517. The van der Waals surface area contributed by atoms with Gasteiger partial charge in [-0.2, -0.15) is 17.5 Å². The van der Waals surface area contributed by atoms with E-state index >= 15 is 0 Å². The minimum atomic E-state index is 1.02. The molecule has 3 fully saturated rings. The molecule has 0 aromatic carbocycles. The van der Waals surface area contributed by atoms with Crippen molar-refractivity contribution in [2.24, 2.45) is 17.8 Å². The Morgan fingerprint density at radius 2 is 0.842 bits per heavy atom. The van der Waals surface area contributed by atoms with E-state index < -0.39 is 0 Å². The third kappa shape index (κ3) is 2.63. The lowest BCUT2D eigenvalue weighted by Gasteiger charge is -2.50. The first-order valence-corrected chi connectivity index (χ1v) is 9.18. The molecule has 0 aliphatic heterocycles. The molecule has 3 saturated carbocycles. The Balaban J connectivity index is 1.82. The fourth-order valence-electron chi connectivity index (χ4n) is 6.19. The molecule has 3 aliphatic carbocycles. The molecule has 0 nitrogen and oxygen atoms in total. The van der Waals surface area contributed by atoms with Crippen LogP contribution in [0.3, 0.4) is 0 Å². The van der Waals surface area contributed by atoms with Crippen molar-refractivity contribution in [2.45, 2.75) is 96.0 Å². The van der Waals surface area contributed by atoms with Crippen LogP contribution in [-0.4, -0.2) is 6.71 Å². The molecule has 1 radical (unpaired) electrons. The first kappa shape index (κ1) is 14.0. The fraction of sp³-hybridized carbons (Fsp3) is 1.00. The second-order valence-electron chi connectivity index (χ2n) is 8.29. The van der Waals surface area contributed by atoms with Crippen LogP contribution in [0.25, 0.3) is 0 Å². The molecule has 19 heavy (non-hydrogen) atoms. The number of hydrogen-bond acceptors (Lipinski definition) is 0. The van der Waals surface area contributed by atoms with E-state index in [1.165, 1.54) is 38.5 Å². The molecule has 0 amide bonds. The summed E-state index contributed by atoms with van der Waals surface area (Å²) in [6.45, 7) is 8.77. The van der Waals surface area contributed by atoms with Gasteiger partial charge in [0, 0.05) is 0 Å². The van der Waals surface area contributed by atoms with Crippen molar-refractivity contribution in [1.29, 1.82) is 0 Å². The van der Waals surface area contributed by atoms with Crippen LogP contribution in [0.15, 0.2) is 0 Å². The Labute approximate surface area is 121 Å². The van der Waals surface area contributed by atoms with Gasteiger partial charge in [0.25, 0.3) is 0 Å². The van der Waals surface area contributed by atoms with Gasteiger partial charge in [0.2, 0.25) is 0 Å². The van der Waals surface area contributed by atoms with Gasteiger partial charge in [0.05, 0.1) is 0 Å². The van der Waals surface area contributed by atoms with Gasteiger partial charge in [-0.15, -0.1) is 6.71 Å². The van der Waals surface area contributed by atoms with Gasteiger partial charge in [-0.05, 0) is 0 Å². The van der Waals surface area contributed by atoms with Gasteiger partial charge < -0.3 is 0 Å². The zero-order valence-corrected chi connectivity index (χ0v) is 13.4. The SMILES string of the molecule is C[C@H]1CCC[C@@H]1[B-]([C@H]1CCC[C@@H]1C)[C@H]1CCC[C@@H]1C. The highest BCUT2D eigenvalue weighted by Gasteiger charge is 2.37. The third-order valence-electron chi connectivity index (χ3n) is 7.27. The van der Waals surface area contributed by atoms with Crippen molar-refractivity contribution in [3.05, 3.63) is 0 Å². The van der Waals surface area contributed by atoms with Crippen molar-refractivity contribution in [3.8, 4) is 0 Å². The normalized spacial score (nSPS) is 47.4. The summed E-state index contributed by atoms with van der Waals surface area (Å²) in [5.41, 5.74) is 0. The summed E-state index contributed by atoms with van der Waals surface area (Å²) in [4.78, 5) is 0. The first-order valence-electron chi connectivity index (χ1n) is 9.18. The van der Waals surface area contributed by atoms with Crippen LogP contribution in [0.4, 0.5) is 0 Å². The van der Waals surface area contributed by atoms with E-state index in [2.05, 4.69) is 20.8 Å². The molecule has 6 atom stereocenters. The summed E-state index contributed by atoms with van der Waals surface area (Å²) in [6, 6.07) is 0. The van der Waals surface area contributed by atoms with Gasteiger partial charge in [-0.3, -0.25) is 0 Å². The van der Waals surface area contributed by atoms with Crippen LogP contribution in [0.2, 0.25) is 17.5 Å². The van der Waals surface area contributed by atoms with E-state index in [9.17, 15) is 0 Å². The van der Waals surface area contributed by atoms with Crippen LogP contribution in [0.1, 0.15) is 78.6 Å². The molecule has 0 aromatic heterocycles. The summed E-state index contributed by atoms with van der Waals surface area (Å²) >= 11 is 0. The predicted octanol–water partition coefficient (Wildman–Crippen LogP) is 6.05. The van der Waals surface area contributed by atoms with E-state index in [0.717, 1.165) is 41.9 Å². The Hall–Kier alpha value is 0.0649. The van der Waals surface area contributed by atoms with E-state index in [1.54, 1.807) is 19.3 Å². The molecule has 3 aliphatic rings. The molecule has 0 aromatic rings. The maximum Gasteiger partial charge on any atom is -0.0537 e. The highest BCUT2D eigenvalue weighted by atomic mass is 14.4. The van der Waals surface area contributed by atoms with Gasteiger partial charge in [-0.25, -0.2) is 0 Å². The zero-order chi connectivity index (χ0) is 13.4. The maximum absolute atomic E-state index is 2.56.